The number of nitrogens with one attached hydrogen (secondary N) is 1. The van der Waals surface area contributed by atoms with Crippen molar-refractivity contribution < 1.29 is 0 Å². The van der Waals surface area contributed by atoms with Crippen molar-refractivity contribution in [2.45, 2.75) is 33.6 Å². The van der Waals surface area contributed by atoms with Gasteiger partial charge in [-0.25, -0.2) is 9.97 Å². The second kappa shape index (κ2) is 8.52. The highest BCUT2D eigenvalue weighted by Gasteiger charge is 2.09. The average Bonchev–Trinajstić information content (AvgIpc) is 2.54. The number of aryl methyl sites for hydroxylation is 1. The van der Waals surface area contributed by atoms with Crippen LogP contribution in [0.15, 0.2) is 30.3 Å². The van der Waals surface area contributed by atoms with E-state index < -0.39 is 0 Å². The van der Waals surface area contributed by atoms with Crippen LogP contribution in [0.3, 0.4) is 0 Å². The van der Waals surface area contributed by atoms with E-state index >= 15 is 0 Å². The molecule has 130 valence electrons. The van der Waals surface area contributed by atoms with Crippen LogP contribution < -0.4 is 15.1 Å². The maximum absolute atomic E-state index is 4.62. The van der Waals surface area contributed by atoms with Crippen molar-refractivity contribution in [3.63, 3.8) is 0 Å². The van der Waals surface area contributed by atoms with Gasteiger partial charge in [0, 0.05) is 44.6 Å². The van der Waals surface area contributed by atoms with Crippen molar-refractivity contribution in [1.29, 1.82) is 0 Å². The number of anilines is 4. The maximum Gasteiger partial charge on any atom is 0.136 e. The molecule has 2 aromatic rings. The Balaban J connectivity index is 2.20. The van der Waals surface area contributed by atoms with Crippen LogP contribution in [0.2, 0.25) is 0 Å². The second-order valence-corrected chi connectivity index (χ2v) is 6.21. The summed E-state index contributed by atoms with van der Waals surface area (Å²) in [4.78, 5) is 13.6. The van der Waals surface area contributed by atoms with Crippen molar-refractivity contribution in [1.82, 2.24) is 9.97 Å². The van der Waals surface area contributed by atoms with Crippen LogP contribution >= 0.6 is 0 Å². The molecule has 0 radical (unpaired) electrons. The van der Waals surface area contributed by atoms with E-state index in [1.807, 2.05) is 27.1 Å². The van der Waals surface area contributed by atoms with Crippen molar-refractivity contribution in [3.05, 3.63) is 36.2 Å². The molecule has 1 aromatic heterocycles. The van der Waals surface area contributed by atoms with Gasteiger partial charge in [-0.1, -0.05) is 13.8 Å². The molecule has 0 saturated carbocycles. The van der Waals surface area contributed by atoms with Gasteiger partial charge in [-0.15, -0.1) is 0 Å². The third kappa shape index (κ3) is 4.85. The zero-order chi connectivity index (χ0) is 17.5. The lowest BCUT2D eigenvalue weighted by atomic mass is 10.2. The Morgan fingerprint density at radius 2 is 1.58 bits per heavy atom. The molecule has 0 aliphatic carbocycles. The van der Waals surface area contributed by atoms with Crippen LogP contribution in [-0.4, -0.2) is 37.2 Å². The molecule has 0 aliphatic rings. The molecule has 0 aliphatic heterocycles. The van der Waals surface area contributed by atoms with E-state index in [1.165, 1.54) is 5.69 Å². The zero-order valence-corrected chi connectivity index (χ0v) is 15.5. The van der Waals surface area contributed by atoms with Gasteiger partial charge in [0.15, 0.2) is 0 Å². The molecule has 0 amide bonds. The van der Waals surface area contributed by atoms with Crippen molar-refractivity contribution in [2.24, 2.45) is 0 Å². The Hall–Kier alpha value is -2.30. The van der Waals surface area contributed by atoms with Crippen molar-refractivity contribution in [2.75, 3.05) is 42.3 Å². The fourth-order valence-corrected chi connectivity index (χ4v) is 2.65. The Kier molecular flexibility index (Phi) is 6.41. The van der Waals surface area contributed by atoms with Gasteiger partial charge >= 0.3 is 0 Å². The molecule has 5 nitrogen and oxygen atoms in total. The first-order chi connectivity index (χ1) is 11.5. The summed E-state index contributed by atoms with van der Waals surface area (Å²) in [5.41, 5.74) is 2.21. The van der Waals surface area contributed by atoms with E-state index in [0.717, 1.165) is 49.1 Å². The van der Waals surface area contributed by atoms with E-state index in [-0.39, 0.29) is 0 Å². The highest BCUT2D eigenvalue weighted by atomic mass is 15.2. The van der Waals surface area contributed by atoms with Gasteiger partial charge in [-0.05, 0) is 44.0 Å². The molecule has 0 fully saturated rings. The molecular formula is C19H29N5. The maximum atomic E-state index is 4.62. The molecule has 5 heteroatoms. The molecule has 2 rings (SSSR count). The number of rotatable bonds is 8. The lowest BCUT2D eigenvalue weighted by molar-refractivity contribution is 0.730. The minimum Gasteiger partial charge on any atom is -0.378 e. The molecule has 0 atom stereocenters. The molecule has 24 heavy (non-hydrogen) atoms. The van der Waals surface area contributed by atoms with Crippen LogP contribution in [0.5, 0.6) is 0 Å². The molecule has 0 spiro atoms. The standard InChI is InChI=1S/C19H29N5/c1-6-12-24(13-7-2)19-14-18(20-15(3)21-19)22-16-8-10-17(11-9-16)23(4)5/h8-11,14H,6-7,12-13H2,1-5H3,(H,20,21,22). The Morgan fingerprint density at radius 3 is 2.12 bits per heavy atom. The minimum absolute atomic E-state index is 0.789. The van der Waals surface area contributed by atoms with E-state index in [2.05, 4.69) is 63.2 Å². The highest BCUT2D eigenvalue weighted by molar-refractivity contribution is 5.62. The molecule has 1 aromatic carbocycles. The summed E-state index contributed by atoms with van der Waals surface area (Å²) >= 11 is 0. The predicted molar refractivity (Wildman–Crippen MR) is 104 cm³/mol. The van der Waals surface area contributed by atoms with Crippen molar-refractivity contribution >= 4 is 23.0 Å². The van der Waals surface area contributed by atoms with E-state index in [0.29, 0.717) is 0 Å². The van der Waals surface area contributed by atoms with Crippen LogP contribution in [0, 0.1) is 6.92 Å². The molecule has 1 heterocycles. The van der Waals surface area contributed by atoms with Gasteiger partial charge in [-0.3, -0.25) is 0 Å². The fourth-order valence-electron chi connectivity index (χ4n) is 2.65. The third-order valence-electron chi connectivity index (χ3n) is 3.79. The zero-order valence-electron chi connectivity index (χ0n) is 15.5. The first-order valence-electron chi connectivity index (χ1n) is 8.68. The largest absolute Gasteiger partial charge is 0.378 e. The van der Waals surface area contributed by atoms with E-state index in [9.17, 15) is 0 Å². The molecule has 0 saturated heterocycles. The van der Waals surface area contributed by atoms with E-state index in [1.54, 1.807) is 0 Å². The van der Waals surface area contributed by atoms with Gasteiger partial charge in [0.2, 0.25) is 0 Å². The first-order valence-corrected chi connectivity index (χ1v) is 8.68. The summed E-state index contributed by atoms with van der Waals surface area (Å²) in [6.45, 7) is 8.37. The number of hydrogen-bond acceptors (Lipinski definition) is 5. The monoisotopic (exact) mass is 327 g/mol. The molecule has 0 unspecified atom stereocenters. The molecule has 0 bridgehead atoms. The first kappa shape index (κ1) is 18.0. The summed E-state index contributed by atoms with van der Waals surface area (Å²) in [6.07, 6.45) is 2.22. The van der Waals surface area contributed by atoms with Gasteiger partial charge in [0.1, 0.15) is 17.5 Å². The van der Waals surface area contributed by atoms with Crippen LogP contribution in [0.1, 0.15) is 32.5 Å². The number of benzene rings is 1. The Bertz CT molecular complexity index is 631. The van der Waals surface area contributed by atoms with Crippen LogP contribution in [0.25, 0.3) is 0 Å². The number of aromatic nitrogens is 2. The fraction of sp³-hybridized carbons (Fsp3) is 0.474. The SMILES string of the molecule is CCCN(CCC)c1cc(Nc2ccc(N(C)C)cc2)nc(C)n1. The lowest BCUT2D eigenvalue weighted by Gasteiger charge is -2.23. The molecule has 1 N–H and O–H groups in total. The van der Waals surface area contributed by atoms with Gasteiger partial charge in [-0.2, -0.15) is 0 Å². The summed E-state index contributed by atoms with van der Waals surface area (Å²) in [7, 11) is 4.08. The van der Waals surface area contributed by atoms with Crippen molar-refractivity contribution in [3.8, 4) is 0 Å². The summed E-state index contributed by atoms with van der Waals surface area (Å²) in [5.74, 6) is 2.63. The lowest BCUT2D eigenvalue weighted by Crippen LogP contribution is -2.26. The van der Waals surface area contributed by atoms with Crippen LogP contribution in [-0.2, 0) is 0 Å². The Labute approximate surface area is 145 Å². The second-order valence-electron chi connectivity index (χ2n) is 6.21. The Morgan fingerprint density at radius 1 is 0.958 bits per heavy atom. The summed E-state index contributed by atoms with van der Waals surface area (Å²) in [5, 5.41) is 3.39. The van der Waals surface area contributed by atoms with Gasteiger partial charge in [0.05, 0.1) is 0 Å². The van der Waals surface area contributed by atoms with Gasteiger partial charge < -0.3 is 15.1 Å². The predicted octanol–water partition coefficient (Wildman–Crippen LogP) is 4.22. The average molecular weight is 327 g/mol. The number of hydrogen-bond donors (Lipinski definition) is 1. The summed E-state index contributed by atoms with van der Waals surface area (Å²) < 4.78 is 0. The number of nitrogens with zero attached hydrogens (tertiary/aromatic N) is 4. The van der Waals surface area contributed by atoms with Crippen LogP contribution in [0.4, 0.5) is 23.0 Å². The summed E-state index contributed by atoms with van der Waals surface area (Å²) in [6, 6.07) is 10.4. The van der Waals surface area contributed by atoms with E-state index in [4.69, 9.17) is 0 Å². The quantitative estimate of drug-likeness (QED) is 0.786. The normalized spacial score (nSPS) is 10.5. The smallest absolute Gasteiger partial charge is 0.136 e. The van der Waals surface area contributed by atoms with Gasteiger partial charge in [0.25, 0.3) is 0 Å². The third-order valence-corrected chi connectivity index (χ3v) is 3.79. The highest BCUT2D eigenvalue weighted by Crippen LogP contribution is 2.22. The molecular weight excluding hydrogens is 298 g/mol. The minimum atomic E-state index is 0.789. The topological polar surface area (TPSA) is 44.3 Å².